The molecule has 1 rings (SSSR count). The first-order chi connectivity index (χ1) is 7.95. The molecule has 4 nitrogen and oxygen atoms in total. The maximum atomic E-state index is 11.5. The van der Waals surface area contributed by atoms with Crippen LogP contribution in [-0.2, 0) is 14.3 Å². The van der Waals surface area contributed by atoms with Gasteiger partial charge in [-0.1, -0.05) is 6.58 Å². The Morgan fingerprint density at radius 1 is 1.29 bits per heavy atom. The van der Waals surface area contributed by atoms with Gasteiger partial charge in [-0.2, -0.15) is 8.42 Å². The van der Waals surface area contributed by atoms with E-state index in [0.717, 1.165) is 5.57 Å². The van der Waals surface area contributed by atoms with Crippen LogP contribution in [0.5, 0.6) is 5.75 Å². The molecular weight excluding hydrogens is 240 g/mol. The van der Waals surface area contributed by atoms with Gasteiger partial charge in [-0.05, 0) is 43.7 Å². The molecule has 0 spiro atoms. The first kappa shape index (κ1) is 13.7. The second-order valence-electron chi connectivity index (χ2n) is 3.58. The molecular formula is C12H16O4S. The lowest BCUT2D eigenvalue weighted by Gasteiger charge is -2.07. The summed E-state index contributed by atoms with van der Waals surface area (Å²) in [6, 6.07) is 6.10. The van der Waals surface area contributed by atoms with Crippen molar-refractivity contribution >= 4 is 10.1 Å². The second kappa shape index (κ2) is 5.84. The number of hydrogen-bond acceptors (Lipinski definition) is 4. The molecule has 0 saturated carbocycles. The Kier molecular flexibility index (Phi) is 4.72. The highest BCUT2D eigenvalue weighted by Crippen LogP contribution is 2.17. The van der Waals surface area contributed by atoms with Crippen molar-refractivity contribution in [1.29, 1.82) is 0 Å². The maximum Gasteiger partial charge on any atom is 0.296 e. The van der Waals surface area contributed by atoms with Gasteiger partial charge < -0.3 is 4.74 Å². The standard InChI is InChI=1S/C12H16O4S/c1-4-16-17(13,14)12-7-5-11(6-8-12)15-9-10(2)3/h5-8H,2,4,9H2,1,3H3. The first-order valence-electron chi connectivity index (χ1n) is 5.22. The Bertz CT molecular complexity index is 474. The average molecular weight is 256 g/mol. The van der Waals surface area contributed by atoms with E-state index in [0.29, 0.717) is 12.4 Å². The summed E-state index contributed by atoms with van der Waals surface area (Å²) in [6.45, 7) is 7.73. The van der Waals surface area contributed by atoms with Crippen LogP contribution in [0, 0.1) is 0 Å². The van der Waals surface area contributed by atoms with E-state index in [9.17, 15) is 8.42 Å². The summed E-state index contributed by atoms with van der Waals surface area (Å²) in [6.07, 6.45) is 0. The van der Waals surface area contributed by atoms with Crippen molar-refractivity contribution < 1.29 is 17.3 Å². The van der Waals surface area contributed by atoms with Crippen LogP contribution in [0.3, 0.4) is 0 Å². The molecule has 0 aromatic heterocycles. The van der Waals surface area contributed by atoms with Gasteiger partial charge in [0.05, 0.1) is 11.5 Å². The van der Waals surface area contributed by atoms with Gasteiger partial charge in [0, 0.05) is 0 Å². The SMILES string of the molecule is C=C(C)COc1ccc(S(=O)(=O)OCC)cc1. The van der Waals surface area contributed by atoms with E-state index >= 15 is 0 Å². The number of benzene rings is 1. The molecule has 1 aromatic rings. The van der Waals surface area contributed by atoms with Crippen molar-refractivity contribution in [3.63, 3.8) is 0 Å². The minimum Gasteiger partial charge on any atom is -0.489 e. The molecule has 0 saturated heterocycles. The second-order valence-corrected chi connectivity index (χ2v) is 5.19. The highest BCUT2D eigenvalue weighted by molar-refractivity contribution is 7.86. The van der Waals surface area contributed by atoms with Crippen molar-refractivity contribution in [1.82, 2.24) is 0 Å². The average Bonchev–Trinajstić information content (AvgIpc) is 2.27. The molecule has 0 fully saturated rings. The molecule has 0 amide bonds. The van der Waals surface area contributed by atoms with E-state index < -0.39 is 10.1 Å². The number of hydrogen-bond donors (Lipinski definition) is 0. The van der Waals surface area contributed by atoms with Crippen molar-refractivity contribution in [3.05, 3.63) is 36.4 Å². The predicted octanol–water partition coefficient (Wildman–Crippen LogP) is 2.37. The van der Waals surface area contributed by atoms with E-state index in [1.807, 2.05) is 6.92 Å². The fraction of sp³-hybridized carbons (Fsp3) is 0.333. The van der Waals surface area contributed by atoms with Crippen molar-refractivity contribution in [2.45, 2.75) is 18.7 Å². The monoisotopic (exact) mass is 256 g/mol. The Morgan fingerprint density at radius 2 is 1.88 bits per heavy atom. The summed E-state index contributed by atoms with van der Waals surface area (Å²) in [5.41, 5.74) is 0.899. The van der Waals surface area contributed by atoms with Gasteiger partial charge in [-0.3, -0.25) is 4.18 Å². The van der Waals surface area contributed by atoms with Crippen LogP contribution < -0.4 is 4.74 Å². The maximum absolute atomic E-state index is 11.5. The van der Waals surface area contributed by atoms with Gasteiger partial charge in [0.2, 0.25) is 0 Å². The Morgan fingerprint density at radius 3 is 2.35 bits per heavy atom. The van der Waals surface area contributed by atoms with E-state index in [1.54, 1.807) is 19.1 Å². The molecule has 0 atom stereocenters. The van der Waals surface area contributed by atoms with Crippen LogP contribution in [-0.4, -0.2) is 21.6 Å². The highest BCUT2D eigenvalue weighted by Gasteiger charge is 2.13. The summed E-state index contributed by atoms with van der Waals surface area (Å²) >= 11 is 0. The molecule has 0 unspecified atom stereocenters. The third kappa shape index (κ3) is 4.20. The molecule has 0 N–H and O–H groups in total. The highest BCUT2D eigenvalue weighted by atomic mass is 32.2. The quantitative estimate of drug-likeness (QED) is 0.579. The van der Waals surface area contributed by atoms with E-state index in [-0.39, 0.29) is 11.5 Å². The van der Waals surface area contributed by atoms with Crippen LogP contribution in [0.15, 0.2) is 41.3 Å². The number of rotatable bonds is 6. The fourth-order valence-electron chi connectivity index (χ4n) is 1.13. The van der Waals surface area contributed by atoms with Gasteiger partial charge in [0.25, 0.3) is 10.1 Å². The molecule has 0 bridgehead atoms. The predicted molar refractivity (Wildman–Crippen MR) is 65.6 cm³/mol. The van der Waals surface area contributed by atoms with Crippen LogP contribution in [0.25, 0.3) is 0 Å². The normalized spacial score (nSPS) is 11.2. The van der Waals surface area contributed by atoms with Crippen molar-refractivity contribution in [2.24, 2.45) is 0 Å². The minimum absolute atomic E-state index is 0.121. The lowest BCUT2D eigenvalue weighted by Crippen LogP contribution is -2.06. The summed E-state index contributed by atoms with van der Waals surface area (Å²) < 4.78 is 33.1. The zero-order valence-corrected chi connectivity index (χ0v) is 10.8. The molecule has 0 aliphatic carbocycles. The molecule has 5 heteroatoms. The van der Waals surface area contributed by atoms with Gasteiger partial charge in [-0.15, -0.1) is 0 Å². The zero-order valence-electron chi connectivity index (χ0n) is 9.97. The Balaban J connectivity index is 2.78. The lowest BCUT2D eigenvalue weighted by molar-refractivity contribution is 0.337. The van der Waals surface area contributed by atoms with Gasteiger partial charge >= 0.3 is 0 Å². The Hall–Kier alpha value is -1.33. The minimum atomic E-state index is -3.63. The largest absolute Gasteiger partial charge is 0.489 e. The Labute approximate surface area is 102 Å². The molecule has 1 aromatic carbocycles. The topological polar surface area (TPSA) is 52.6 Å². The smallest absolute Gasteiger partial charge is 0.296 e. The molecule has 0 aliphatic rings. The summed E-state index contributed by atoms with van der Waals surface area (Å²) in [4.78, 5) is 0.127. The van der Waals surface area contributed by atoms with Crippen molar-refractivity contribution in [3.8, 4) is 5.75 Å². The molecule has 0 radical (unpaired) electrons. The van der Waals surface area contributed by atoms with Crippen LogP contribution in [0.2, 0.25) is 0 Å². The third-order valence-electron chi connectivity index (χ3n) is 1.87. The van der Waals surface area contributed by atoms with Gasteiger partial charge in [0.1, 0.15) is 12.4 Å². The molecule has 17 heavy (non-hydrogen) atoms. The van der Waals surface area contributed by atoms with Crippen LogP contribution in [0.4, 0.5) is 0 Å². The van der Waals surface area contributed by atoms with Gasteiger partial charge in [0.15, 0.2) is 0 Å². The summed E-state index contributed by atoms with van der Waals surface area (Å²) in [7, 11) is -3.63. The van der Waals surface area contributed by atoms with E-state index in [4.69, 9.17) is 4.74 Å². The van der Waals surface area contributed by atoms with Gasteiger partial charge in [-0.25, -0.2) is 0 Å². The van der Waals surface area contributed by atoms with Crippen LogP contribution in [0.1, 0.15) is 13.8 Å². The summed E-state index contributed by atoms with van der Waals surface area (Å²) in [5.74, 6) is 0.600. The molecule has 0 heterocycles. The first-order valence-corrected chi connectivity index (χ1v) is 6.63. The van der Waals surface area contributed by atoms with E-state index in [1.165, 1.54) is 12.1 Å². The van der Waals surface area contributed by atoms with Crippen molar-refractivity contribution in [2.75, 3.05) is 13.2 Å². The zero-order chi connectivity index (χ0) is 12.9. The fourth-order valence-corrected chi connectivity index (χ4v) is 2.05. The summed E-state index contributed by atoms with van der Waals surface area (Å²) in [5, 5.41) is 0. The number of ether oxygens (including phenoxy) is 1. The third-order valence-corrected chi connectivity index (χ3v) is 3.27. The van der Waals surface area contributed by atoms with E-state index in [2.05, 4.69) is 10.8 Å². The van der Waals surface area contributed by atoms with Crippen LogP contribution >= 0.6 is 0 Å². The lowest BCUT2D eigenvalue weighted by atomic mass is 10.3. The molecule has 94 valence electrons. The molecule has 0 aliphatic heterocycles.